The number of nitrogens with one attached hydrogen (secondary N) is 2. The average molecular weight is 356 g/mol. The minimum absolute atomic E-state index is 0.152. The number of aryl methyl sites for hydroxylation is 1. The molecule has 2 amide bonds. The maximum absolute atomic E-state index is 12.5. The molecule has 0 bridgehead atoms. The smallest absolute Gasteiger partial charge is 0.255 e. The van der Waals surface area contributed by atoms with Crippen LogP contribution in [0.2, 0.25) is 0 Å². The maximum atomic E-state index is 12.5. The molecular formula is C23H20N2O2. The summed E-state index contributed by atoms with van der Waals surface area (Å²) in [5.41, 5.74) is 5.94. The number of carbonyl (C=O) groups excluding carboxylic acids is 2. The third kappa shape index (κ3) is 3.22. The monoisotopic (exact) mass is 356 g/mol. The van der Waals surface area contributed by atoms with Crippen molar-refractivity contribution in [1.82, 2.24) is 5.32 Å². The summed E-state index contributed by atoms with van der Waals surface area (Å²) in [5.74, 6) is -0.377. The van der Waals surface area contributed by atoms with Gasteiger partial charge in [0, 0.05) is 12.1 Å². The topological polar surface area (TPSA) is 58.2 Å². The molecule has 1 heterocycles. The van der Waals surface area contributed by atoms with Crippen molar-refractivity contribution in [1.29, 1.82) is 0 Å². The molecule has 4 nitrogen and oxygen atoms in total. The van der Waals surface area contributed by atoms with Crippen molar-refractivity contribution in [3.63, 3.8) is 0 Å². The molecule has 3 aromatic carbocycles. The summed E-state index contributed by atoms with van der Waals surface area (Å²) in [6.07, 6.45) is 0.989. The second-order valence-electron chi connectivity index (χ2n) is 6.57. The van der Waals surface area contributed by atoms with E-state index in [-0.39, 0.29) is 11.8 Å². The number of hydrogen-bond donors (Lipinski definition) is 2. The van der Waals surface area contributed by atoms with Crippen molar-refractivity contribution < 1.29 is 9.59 Å². The summed E-state index contributed by atoms with van der Waals surface area (Å²) < 4.78 is 0. The van der Waals surface area contributed by atoms with Gasteiger partial charge in [0.05, 0.1) is 11.3 Å². The van der Waals surface area contributed by atoms with Crippen LogP contribution in [0.3, 0.4) is 0 Å². The SMILES string of the molecule is CCc1ccc(-c2ccc(NC(=O)c3ccccc3)c3c2CNC3=O)cc1. The Hall–Kier alpha value is -3.40. The number of hydrogen-bond acceptors (Lipinski definition) is 2. The first kappa shape index (κ1) is 17.0. The summed E-state index contributed by atoms with van der Waals surface area (Å²) in [6, 6.07) is 21.2. The third-order valence-corrected chi connectivity index (χ3v) is 4.92. The molecule has 2 N–H and O–H groups in total. The van der Waals surface area contributed by atoms with Crippen LogP contribution in [0.1, 0.15) is 38.8 Å². The molecule has 0 unspecified atom stereocenters. The summed E-state index contributed by atoms with van der Waals surface area (Å²) >= 11 is 0. The van der Waals surface area contributed by atoms with E-state index in [9.17, 15) is 9.59 Å². The first-order valence-corrected chi connectivity index (χ1v) is 9.07. The van der Waals surface area contributed by atoms with E-state index in [1.807, 2.05) is 30.3 Å². The van der Waals surface area contributed by atoms with E-state index >= 15 is 0 Å². The number of fused-ring (bicyclic) bond motifs is 1. The lowest BCUT2D eigenvalue weighted by Gasteiger charge is -2.13. The second kappa shape index (κ2) is 7.08. The number of amides is 2. The second-order valence-corrected chi connectivity index (χ2v) is 6.57. The summed E-state index contributed by atoms with van der Waals surface area (Å²) in [4.78, 5) is 24.9. The minimum atomic E-state index is -0.224. The van der Waals surface area contributed by atoms with Crippen LogP contribution in [0, 0.1) is 0 Å². The van der Waals surface area contributed by atoms with E-state index in [1.165, 1.54) is 5.56 Å². The molecule has 4 heteroatoms. The zero-order chi connectivity index (χ0) is 18.8. The Kier molecular flexibility index (Phi) is 4.47. The van der Waals surface area contributed by atoms with Crippen LogP contribution >= 0.6 is 0 Å². The van der Waals surface area contributed by atoms with E-state index in [2.05, 4.69) is 41.8 Å². The molecule has 0 saturated carbocycles. The molecule has 0 fully saturated rings. The van der Waals surface area contributed by atoms with Crippen LogP contribution in [0.4, 0.5) is 5.69 Å². The van der Waals surface area contributed by atoms with Crippen molar-refractivity contribution in [3.8, 4) is 11.1 Å². The first-order valence-electron chi connectivity index (χ1n) is 9.07. The van der Waals surface area contributed by atoms with E-state index in [0.29, 0.717) is 23.4 Å². The van der Waals surface area contributed by atoms with Gasteiger partial charge in [0.25, 0.3) is 11.8 Å². The van der Waals surface area contributed by atoms with E-state index in [1.54, 1.807) is 12.1 Å². The molecule has 134 valence electrons. The lowest BCUT2D eigenvalue weighted by atomic mass is 9.94. The highest BCUT2D eigenvalue weighted by atomic mass is 16.2. The van der Waals surface area contributed by atoms with Gasteiger partial charge in [0.1, 0.15) is 0 Å². The van der Waals surface area contributed by atoms with Crippen molar-refractivity contribution in [2.45, 2.75) is 19.9 Å². The maximum Gasteiger partial charge on any atom is 0.255 e. The average Bonchev–Trinajstić information content (AvgIpc) is 3.11. The van der Waals surface area contributed by atoms with Gasteiger partial charge in [-0.1, -0.05) is 55.5 Å². The lowest BCUT2D eigenvalue weighted by Crippen LogP contribution is -2.17. The Bertz CT molecular complexity index is 1010. The van der Waals surface area contributed by atoms with Crippen LogP contribution in [0.15, 0.2) is 66.7 Å². The Morgan fingerprint density at radius 2 is 1.74 bits per heavy atom. The van der Waals surface area contributed by atoms with Gasteiger partial charge < -0.3 is 10.6 Å². The summed E-state index contributed by atoms with van der Waals surface area (Å²) in [7, 11) is 0. The van der Waals surface area contributed by atoms with Crippen molar-refractivity contribution in [3.05, 3.63) is 89.0 Å². The summed E-state index contributed by atoms with van der Waals surface area (Å²) in [6.45, 7) is 2.59. The number of anilines is 1. The first-order chi connectivity index (χ1) is 13.2. The molecule has 1 aliphatic rings. The van der Waals surface area contributed by atoms with Crippen LogP contribution in [0.25, 0.3) is 11.1 Å². The normalized spacial score (nSPS) is 12.4. The fourth-order valence-corrected chi connectivity index (χ4v) is 3.43. The number of benzene rings is 3. The molecule has 0 aromatic heterocycles. The molecule has 4 rings (SSSR count). The molecule has 27 heavy (non-hydrogen) atoms. The molecule has 0 atom stereocenters. The molecule has 0 spiro atoms. The third-order valence-electron chi connectivity index (χ3n) is 4.92. The Labute approximate surface area is 158 Å². The van der Waals surface area contributed by atoms with Gasteiger partial charge >= 0.3 is 0 Å². The molecular weight excluding hydrogens is 336 g/mol. The van der Waals surface area contributed by atoms with Gasteiger partial charge in [-0.3, -0.25) is 9.59 Å². The zero-order valence-electron chi connectivity index (χ0n) is 15.1. The van der Waals surface area contributed by atoms with Crippen molar-refractivity contribution >= 4 is 17.5 Å². The van der Waals surface area contributed by atoms with Gasteiger partial charge in [-0.05, 0) is 46.9 Å². The Morgan fingerprint density at radius 1 is 1.00 bits per heavy atom. The van der Waals surface area contributed by atoms with Crippen LogP contribution in [0.5, 0.6) is 0 Å². The zero-order valence-corrected chi connectivity index (χ0v) is 15.1. The molecule has 0 saturated heterocycles. The predicted molar refractivity (Wildman–Crippen MR) is 107 cm³/mol. The largest absolute Gasteiger partial charge is 0.348 e. The van der Waals surface area contributed by atoms with Crippen LogP contribution < -0.4 is 10.6 Å². The minimum Gasteiger partial charge on any atom is -0.348 e. The van der Waals surface area contributed by atoms with E-state index < -0.39 is 0 Å². The highest BCUT2D eigenvalue weighted by Gasteiger charge is 2.26. The Balaban J connectivity index is 1.72. The highest BCUT2D eigenvalue weighted by molar-refractivity contribution is 6.11. The molecule has 1 aliphatic heterocycles. The molecule has 0 radical (unpaired) electrons. The standard InChI is InChI=1S/C23H20N2O2/c1-2-15-8-10-16(11-9-15)18-12-13-20(21-19(18)14-24-23(21)27)25-22(26)17-6-4-3-5-7-17/h3-13H,2,14H2,1H3,(H,24,27)(H,25,26). The summed E-state index contributed by atoms with van der Waals surface area (Å²) in [5, 5.41) is 5.77. The van der Waals surface area contributed by atoms with Gasteiger partial charge in [-0.2, -0.15) is 0 Å². The Morgan fingerprint density at radius 3 is 2.44 bits per heavy atom. The molecule has 3 aromatic rings. The quantitative estimate of drug-likeness (QED) is 0.727. The van der Waals surface area contributed by atoms with Crippen LogP contribution in [-0.2, 0) is 13.0 Å². The highest BCUT2D eigenvalue weighted by Crippen LogP contribution is 2.34. The van der Waals surface area contributed by atoms with Crippen LogP contribution in [-0.4, -0.2) is 11.8 Å². The van der Waals surface area contributed by atoms with Gasteiger partial charge in [-0.25, -0.2) is 0 Å². The number of carbonyl (C=O) groups is 2. The lowest BCUT2D eigenvalue weighted by molar-refractivity contribution is 0.0966. The fraction of sp³-hybridized carbons (Fsp3) is 0.130. The number of rotatable bonds is 4. The molecule has 0 aliphatic carbocycles. The van der Waals surface area contributed by atoms with Gasteiger partial charge in [0.2, 0.25) is 0 Å². The van der Waals surface area contributed by atoms with Crippen molar-refractivity contribution in [2.24, 2.45) is 0 Å². The van der Waals surface area contributed by atoms with Crippen molar-refractivity contribution in [2.75, 3.05) is 5.32 Å². The fourth-order valence-electron chi connectivity index (χ4n) is 3.43. The van der Waals surface area contributed by atoms with E-state index in [4.69, 9.17) is 0 Å². The predicted octanol–water partition coefficient (Wildman–Crippen LogP) is 4.41. The van der Waals surface area contributed by atoms with Gasteiger partial charge in [0.15, 0.2) is 0 Å². The van der Waals surface area contributed by atoms with Gasteiger partial charge in [-0.15, -0.1) is 0 Å². The van der Waals surface area contributed by atoms with E-state index in [0.717, 1.165) is 23.1 Å².